The van der Waals surface area contributed by atoms with Gasteiger partial charge in [-0.2, -0.15) is 0 Å². The average molecular weight is 289 g/mol. The molecule has 1 N–H and O–H groups in total. The molecule has 88 valence electrons. The molecule has 5 nitrogen and oxygen atoms in total. The normalized spacial score (nSPS) is 12.2. The van der Waals surface area contributed by atoms with Crippen LogP contribution in [0.4, 0.5) is 11.4 Å². The molecule has 0 amide bonds. The molecule has 1 aromatic rings. The van der Waals surface area contributed by atoms with E-state index in [0.29, 0.717) is 10.2 Å². The fourth-order valence-electron chi connectivity index (χ4n) is 1.30. The van der Waals surface area contributed by atoms with Crippen LogP contribution in [0, 0.1) is 10.1 Å². The first kappa shape index (κ1) is 12.9. The number of nitro benzene ring substituents is 1. The van der Waals surface area contributed by atoms with Crippen molar-refractivity contribution >= 4 is 27.3 Å². The second kappa shape index (κ2) is 5.27. The van der Waals surface area contributed by atoms with Crippen molar-refractivity contribution in [3.63, 3.8) is 0 Å². The lowest BCUT2D eigenvalue weighted by molar-refractivity contribution is -0.384. The number of aliphatic hydroxyl groups excluding tert-OH is 1. The zero-order valence-corrected chi connectivity index (χ0v) is 10.6. The summed E-state index contributed by atoms with van der Waals surface area (Å²) in [6, 6.07) is 4.69. The smallest absolute Gasteiger partial charge is 0.293 e. The summed E-state index contributed by atoms with van der Waals surface area (Å²) < 4.78 is 0.660. The number of nitrogens with zero attached hydrogens (tertiary/aromatic N) is 2. The van der Waals surface area contributed by atoms with E-state index in [1.807, 2.05) is 0 Å². The van der Waals surface area contributed by atoms with Crippen LogP contribution >= 0.6 is 15.9 Å². The van der Waals surface area contributed by atoms with E-state index in [1.165, 1.54) is 6.07 Å². The SMILES string of the molecule is CC(CO)N(C)c1ccc(Br)cc1[N+](=O)[O-]. The van der Waals surface area contributed by atoms with Crippen molar-refractivity contribution in [2.75, 3.05) is 18.6 Å². The van der Waals surface area contributed by atoms with Crippen molar-refractivity contribution in [3.05, 3.63) is 32.8 Å². The lowest BCUT2D eigenvalue weighted by Gasteiger charge is -2.24. The van der Waals surface area contributed by atoms with Gasteiger partial charge in [0.2, 0.25) is 0 Å². The Kier molecular flexibility index (Phi) is 4.26. The standard InChI is InChI=1S/C10H13BrN2O3/c1-7(6-14)12(2)9-4-3-8(11)5-10(9)13(15)16/h3-5,7,14H,6H2,1-2H3. The Labute approximate surface area is 102 Å². The number of anilines is 1. The van der Waals surface area contributed by atoms with Gasteiger partial charge in [-0.05, 0) is 19.1 Å². The molecule has 0 aliphatic rings. The minimum absolute atomic E-state index is 0.0252. The molecule has 0 saturated carbocycles. The van der Waals surface area contributed by atoms with Gasteiger partial charge >= 0.3 is 0 Å². The van der Waals surface area contributed by atoms with E-state index in [4.69, 9.17) is 5.11 Å². The van der Waals surface area contributed by atoms with Gasteiger partial charge in [0.1, 0.15) is 5.69 Å². The summed E-state index contributed by atoms with van der Waals surface area (Å²) in [5, 5.41) is 19.9. The Bertz CT molecular complexity index is 398. The second-order valence-electron chi connectivity index (χ2n) is 3.53. The van der Waals surface area contributed by atoms with E-state index in [2.05, 4.69) is 15.9 Å². The van der Waals surface area contributed by atoms with Gasteiger partial charge < -0.3 is 10.0 Å². The Hall–Kier alpha value is -1.14. The van der Waals surface area contributed by atoms with E-state index >= 15 is 0 Å². The van der Waals surface area contributed by atoms with Crippen molar-refractivity contribution in [1.82, 2.24) is 0 Å². The van der Waals surface area contributed by atoms with Crippen LogP contribution < -0.4 is 4.90 Å². The van der Waals surface area contributed by atoms with Gasteiger partial charge in [0, 0.05) is 23.6 Å². The number of halogens is 1. The van der Waals surface area contributed by atoms with E-state index in [-0.39, 0.29) is 18.3 Å². The van der Waals surface area contributed by atoms with Crippen molar-refractivity contribution in [2.24, 2.45) is 0 Å². The summed E-state index contributed by atoms with van der Waals surface area (Å²) >= 11 is 3.20. The third kappa shape index (κ3) is 2.70. The van der Waals surface area contributed by atoms with Crippen LogP contribution in [0.1, 0.15) is 6.92 Å². The molecule has 0 aliphatic heterocycles. The van der Waals surface area contributed by atoms with E-state index in [0.717, 1.165) is 0 Å². The number of hydrogen-bond donors (Lipinski definition) is 1. The van der Waals surface area contributed by atoms with Gasteiger partial charge in [-0.3, -0.25) is 10.1 Å². The van der Waals surface area contributed by atoms with Crippen molar-refractivity contribution < 1.29 is 10.0 Å². The number of benzene rings is 1. The molecule has 1 rings (SSSR count). The van der Waals surface area contributed by atoms with Crippen LogP contribution in [0.15, 0.2) is 22.7 Å². The molecule has 0 saturated heterocycles. The number of nitro groups is 1. The molecule has 0 radical (unpaired) electrons. The highest BCUT2D eigenvalue weighted by molar-refractivity contribution is 9.10. The highest BCUT2D eigenvalue weighted by atomic mass is 79.9. The van der Waals surface area contributed by atoms with Crippen LogP contribution in [0.2, 0.25) is 0 Å². The van der Waals surface area contributed by atoms with Gasteiger partial charge in [-0.15, -0.1) is 0 Å². The van der Waals surface area contributed by atoms with Gasteiger partial charge in [0.15, 0.2) is 0 Å². The second-order valence-corrected chi connectivity index (χ2v) is 4.45. The number of aliphatic hydroxyl groups is 1. The highest BCUT2D eigenvalue weighted by Gasteiger charge is 2.20. The van der Waals surface area contributed by atoms with E-state index in [1.54, 1.807) is 31.0 Å². The van der Waals surface area contributed by atoms with Crippen LogP contribution in [0.25, 0.3) is 0 Å². The first-order chi connectivity index (χ1) is 7.47. The first-order valence-corrected chi connectivity index (χ1v) is 5.54. The van der Waals surface area contributed by atoms with E-state index in [9.17, 15) is 10.1 Å². The Balaban J connectivity index is 3.17. The lowest BCUT2D eigenvalue weighted by Crippen LogP contribution is -2.32. The predicted octanol–water partition coefficient (Wildman–Crippen LogP) is 2.17. The van der Waals surface area contributed by atoms with Gasteiger partial charge in [-0.25, -0.2) is 0 Å². The lowest BCUT2D eigenvalue weighted by atomic mass is 10.2. The summed E-state index contributed by atoms with van der Waals surface area (Å²) in [5.74, 6) is 0. The van der Waals surface area contributed by atoms with Gasteiger partial charge in [0.25, 0.3) is 5.69 Å². The minimum Gasteiger partial charge on any atom is -0.394 e. The Morgan fingerprint density at radius 1 is 1.62 bits per heavy atom. The van der Waals surface area contributed by atoms with Crippen molar-refractivity contribution in [2.45, 2.75) is 13.0 Å². The average Bonchev–Trinajstić information content (AvgIpc) is 2.26. The van der Waals surface area contributed by atoms with Crippen molar-refractivity contribution in [1.29, 1.82) is 0 Å². The molecule has 0 aromatic heterocycles. The van der Waals surface area contributed by atoms with Crippen LogP contribution in [-0.4, -0.2) is 29.7 Å². The quantitative estimate of drug-likeness (QED) is 0.681. The maximum atomic E-state index is 10.9. The summed E-state index contributed by atoms with van der Waals surface area (Å²) in [6.45, 7) is 1.75. The number of likely N-dealkylation sites (N-methyl/N-ethyl adjacent to an activating group) is 1. The fourth-order valence-corrected chi connectivity index (χ4v) is 1.65. The number of rotatable bonds is 4. The van der Waals surface area contributed by atoms with Crippen LogP contribution in [-0.2, 0) is 0 Å². The summed E-state index contributed by atoms with van der Waals surface area (Å²) in [7, 11) is 1.72. The first-order valence-electron chi connectivity index (χ1n) is 4.75. The third-order valence-electron chi connectivity index (χ3n) is 2.44. The molecule has 1 unspecified atom stereocenters. The molecule has 16 heavy (non-hydrogen) atoms. The Morgan fingerprint density at radius 3 is 2.75 bits per heavy atom. The van der Waals surface area contributed by atoms with Gasteiger partial charge in [0.05, 0.1) is 11.5 Å². The highest BCUT2D eigenvalue weighted by Crippen LogP contribution is 2.31. The molecule has 0 spiro atoms. The molecule has 1 aromatic carbocycles. The monoisotopic (exact) mass is 288 g/mol. The third-order valence-corrected chi connectivity index (χ3v) is 2.93. The molecule has 0 heterocycles. The Morgan fingerprint density at radius 2 is 2.25 bits per heavy atom. The molecule has 0 aliphatic carbocycles. The molecule has 1 atom stereocenters. The van der Waals surface area contributed by atoms with Crippen molar-refractivity contribution in [3.8, 4) is 0 Å². The molecular formula is C10H13BrN2O3. The summed E-state index contributed by atoms with van der Waals surface area (Å²) in [5.41, 5.74) is 0.520. The predicted molar refractivity (Wildman–Crippen MR) is 65.7 cm³/mol. The van der Waals surface area contributed by atoms with Crippen LogP contribution in [0.3, 0.4) is 0 Å². The maximum Gasteiger partial charge on any atom is 0.293 e. The molecule has 0 fully saturated rings. The fraction of sp³-hybridized carbons (Fsp3) is 0.400. The summed E-state index contributed by atoms with van der Waals surface area (Å²) in [6.07, 6.45) is 0. The van der Waals surface area contributed by atoms with Crippen LogP contribution in [0.5, 0.6) is 0 Å². The maximum absolute atomic E-state index is 10.9. The summed E-state index contributed by atoms with van der Waals surface area (Å²) in [4.78, 5) is 12.1. The molecular weight excluding hydrogens is 276 g/mol. The minimum atomic E-state index is -0.430. The zero-order chi connectivity index (χ0) is 12.3. The van der Waals surface area contributed by atoms with Gasteiger partial charge in [-0.1, -0.05) is 15.9 Å². The number of hydrogen-bond acceptors (Lipinski definition) is 4. The van der Waals surface area contributed by atoms with E-state index < -0.39 is 4.92 Å². The zero-order valence-electron chi connectivity index (χ0n) is 9.05. The molecule has 6 heteroatoms. The molecule has 0 bridgehead atoms. The topological polar surface area (TPSA) is 66.6 Å². The largest absolute Gasteiger partial charge is 0.394 e.